The van der Waals surface area contributed by atoms with Crippen LogP contribution in [-0.4, -0.2) is 31.6 Å². The Bertz CT molecular complexity index is 430. The van der Waals surface area contributed by atoms with Gasteiger partial charge in [-0.15, -0.1) is 24.8 Å². The van der Waals surface area contributed by atoms with Gasteiger partial charge in [-0.05, 0) is 44.5 Å². The minimum absolute atomic E-state index is 0. The Morgan fingerprint density at radius 1 is 1.23 bits per heavy atom. The molecule has 0 bridgehead atoms. The van der Waals surface area contributed by atoms with Gasteiger partial charge in [-0.25, -0.2) is 0 Å². The van der Waals surface area contributed by atoms with E-state index in [0.29, 0.717) is 12.1 Å². The van der Waals surface area contributed by atoms with Crippen molar-refractivity contribution in [3.8, 4) is 0 Å². The molecule has 0 aliphatic carbocycles. The van der Waals surface area contributed by atoms with Crippen LogP contribution < -0.4 is 16.0 Å². The van der Waals surface area contributed by atoms with E-state index in [0.717, 1.165) is 12.2 Å². The van der Waals surface area contributed by atoms with Crippen LogP contribution in [0.5, 0.6) is 0 Å². The zero-order valence-corrected chi connectivity index (χ0v) is 15.5. The first-order chi connectivity index (χ1) is 9.33. The van der Waals surface area contributed by atoms with Crippen LogP contribution in [0.1, 0.15) is 44.0 Å². The summed E-state index contributed by atoms with van der Waals surface area (Å²) in [7, 11) is 2.07. The van der Waals surface area contributed by atoms with Crippen molar-refractivity contribution in [3.63, 3.8) is 0 Å². The Labute approximate surface area is 146 Å². The van der Waals surface area contributed by atoms with Crippen LogP contribution in [0, 0.1) is 0 Å². The summed E-state index contributed by atoms with van der Waals surface area (Å²) in [5.41, 5.74) is 7.26. The van der Waals surface area contributed by atoms with Gasteiger partial charge in [0.2, 0.25) is 0 Å². The highest BCUT2D eigenvalue weighted by Gasteiger charge is 2.13. The number of hydrogen-bond donors (Lipinski definition) is 2. The molecule has 0 radical (unpaired) electrons. The molecule has 1 aromatic rings. The molecule has 0 unspecified atom stereocenters. The van der Waals surface area contributed by atoms with E-state index in [-0.39, 0.29) is 30.7 Å². The monoisotopic (exact) mass is 349 g/mol. The fourth-order valence-electron chi connectivity index (χ4n) is 1.80. The third kappa shape index (κ3) is 8.47. The van der Waals surface area contributed by atoms with Crippen LogP contribution in [0.15, 0.2) is 24.3 Å². The molecule has 0 saturated heterocycles. The van der Waals surface area contributed by atoms with Crippen LogP contribution in [0.25, 0.3) is 0 Å². The zero-order valence-electron chi connectivity index (χ0n) is 13.9. The molecule has 0 fully saturated rings. The smallest absolute Gasteiger partial charge is 0.251 e. The number of carbonyl (C=O) groups excluding carboxylic acids is 1. The molecular weight excluding hydrogens is 321 g/mol. The highest BCUT2D eigenvalue weighted by molar-refractivity contribution is 5.94. The topological polar surface area (TPSA) is 58.4 Å². The average Bonchev–Trinajstić information content (AvgIpc) is 2.41. The minimum atomic E-state index is -0.393. The second kappa shape index (κ2) is 10.7. The van der Waals surface area contributed by atoms with E-state index in [1.807, 2.05) is 38.1 Å². The van der Waals surface area contributed by atoms with Gasteiger partial charge in [-0.3, -0.25) is 4.79 Å². The highest BCUT2D eigenvalue weighted by atomic mass is 35.5. The van der Waals surface area contributed by atoms with Crippen molar-refractivity contribution in [3.05, 3.63) is 29.8 Å². The zero-order chi connectivity index (χ0) is 15.2. The van der Waals surface area contributed by atoms with Gasteiger partial charge in [0.1, 0.15) is 0 Å². The minimum Gasteiger partial charge on any atom is -0.375 e. The molecule has 0 saturated carbocycles. The maximum Gasteiger partial charge on any atom is 0.251 e. The summed E-state index contributed by atoms with van der Waals surface area (Å²) in [6, 6.07) is 7.68. The number of nitrogens with zero attached hydrogens (tertiary/aromatic N) is 1. The number of amides is 1. The lowest BCUT2D eigenvalue weighted by molar-refractivity contribution is 0.0946. The first kappa shape index (κ1) is 23.3. The van der Waals surface area contributed by atoms with Crippen molar-refractivity contribution in [1.82, 2.24) is 5.32 Å². The molecule has 6 heteroatoms. The van der Waals surface area contributed by atoms with Gasteiger partial charge in [-0.1, -0.05) is 13.3 Å². The number of halogens is 2. The molecule has 0 atom stereocenters. The molecule has 3 N–H and O–H groups in total. The number of nitrogens with two attached hydrogens (primary N) is 1. The Hall–Kier alpha value is -0.970. The second-order valence-electron chi connectivity index (χ2n) is 5.99. The van der Waals surface area contributed by atoms with Crippen molar-refractivity contribution >= 4 is 36.4 Å². The molecule has 128 valence electrons. The molecule has 22 heavy (non-hydrogen) atoms. The third-order valence-corrected chi connectivity index (χ3v) is 3.12. The molecule has 0 spiro atoms. The van der Waals surface area contributed by atoms with Gasteiger partial charge < -0.3 is 16.0 Å². The highest BCUT2D eigenvalue weighted by Crippen LogP contribution is 2.14. The SMILES string of the molecule is CCCCN(C)c1ccc(C(=O)NCC(C)(C)N)cc1.Cl.Cl. The van der Waals surface area contributed by atoms with Crippen molar-refractivity contribution < 1.29 is 4.79 Å². The van der Waals surface area contributed by atoms with Gasteiger partial charge in [0.25, 0.3) is 5.91 Å². The summed E-state index contributed by atoms with van der Waals surface area (Å²) >= 11 is 0. The molecular formula is C16H29Cl2N3O. The lowest BCUT2D eigenvalue weighted by atomic mass is 10.1. The van der Waals surface area contributed by atoms with E-state index in [1.165, 1.54) is 12.8 Å². The maximum absolute atomic E-state index is 12.0. The number of anilines is 1. The summed E-state index contributed by atoms with van der Waals surface area (Å²) < 4.78 is 0. The summed E-state index contributed by atoms with van der Waals surface area (Å²) in [4.78, 5) is 14.2. The molecule has 1 amide bonds. The molecule has 0 heterocycles. The van der Waals surface area contributed by atoms with Crippen molar-refractivity contribution in [2.45, 2.75) is 39.2 Å². The van der Waals surface area contributed by atoms with E-state index in [1.54, 1.807) is 0 Å². The van der Waals surface area contributed by atoms with E-state index in [4.69, 9.17) is 5.73 Å². The maximum atomic E-state index is 12.0. The van der Waals surface area contributed by atoms with Crippen LogP contribution in [0.3, 0.4) is 0 Å². The van der Waals surface area contributed by atoms with E-state index < -0.39 is 5.54 Å². The molecule has 0 aromatic heterocycles. The number of rotatable bonds is 7. The predicted molar refractivity (Wildman–Crippen MR) is 99.7 cm³/mol. The normalized spacial score (nSPS) is 10.2. The Morgan fingerprint density at radius 3 is 2.23 bits per heavy atom. The number of carbonyl (C=O) groups is 1. The third-order valence-electron chi connectivity index (χ3n) is 3.12. The molecule has 1 rings (SSSR count). The molecule has 4 nitrogen and oxygen atoms in total. The first-order valence-corrected chi connectivity index (χ1v) is 7.22. The van der Waals surface area contributed by atoms with Gasteiger partial charge in [0, 0.05) is 36.9 Å². The number of unbranched alkanes of at least 4 members (excludes halogenated alkanes) is 1. The van der Waals surface area contributed by atoms with Crippen molar-refractivity contribution in [1.29, 1.82) is 0 Å². The van der Waals surface area contributed by atoms with Crippen LogP contribution >= 0.6 is 24.8 Å². The Balaban J connectivity index is 0. The largest absolute Gasteiger partial charge is 0.375 e. The number of benzene rings is 1. The second-order valence-corrected chi connectivity index (χ2v) is 5.99. The van der Waals surface area contributed by atoms with Gasteiger partial charge in [0.05, 0.1) is 0 Å². The van der Waals surface area contributed by atoms with Crippen LogP contribution in [0.4, 0.5) is 5.69 Å². The number of nitrogens with one attached hydrogen (secondary N) is 1. The van der Waals surface area contributed by atoms with Gasteiger partial charge in [-0.2, -0.15) is 0 Å². The average molecular weight is 350 g/mol. The van der Waals surface area contributed by atoms with Crippen LogP contribution in [-0.2, 0) is 0 Å². The molecule has 1 aromatic carbocycles. The Kier molecular flexibility index (Phi) is 11.3. The predicted octanol–water partition coefficient (Wildman–Crippen LogP) is 3.23. The van der Waals surface area contributed by atoms with Crippen molar-refractivity contribution in [2.24, 2.45) is 5.73 Å². The molecule has 0 aliphatic heterocycles. The standard InChI is InChI=1S/C16H27N3O.2ClH/c1-5-6-11-19(4)14-9-7-13(8-10-14)15(20)18-12-16(2,3)17;;/h7-10H,5-6,11-12,17H2,1-4H3,(H,18,20);2*1H. The van der Waals surface area contributed by atoms with E-state index in [9.17, 15) is 4.79 Å². The van der Waals surface area contributed by atoms with E-state index >= 15 is 0 Å². The van der Waals surface area contributed by atoms with Crippen LogP contribution in [0.2, 0.25) is 0 Å². The summed E-state index contributed by atoms with van der Waals surface area (Å²) in [5, 5.41) is 2.84. The lowest BCUT2D eigenvalue weighted by Gasteiger charge is -2.20. The molecule has 0 aliphatic rings. The fourth-order valence-corrected chi connectivity index (χ4v) is 1.80. The van der Waals surface area contributed by atoms with Gasteiger partial charge >= 0.3 is 0 Å². The fraction of sp³-hybridized carbons (Fsp3) is 0.562. The lowest BCUT2D eigenvalue weighted by Crippen LogP contribution is -2.45. The van der Waals surface area contributed by atoms with Gasteiger partial charge in [0.15, 0.2) is 0 Å². The van der Waals surface area contributed by atoms with E-state index in [2.05, 4.69) is 24.2 Å². The first-order valence-electron chi connectivity index (χ1n) is 7.22. The number of hydrogen-bond acceptors (Lipinski definition) is 3. The summed E-state index contributed by atoms with van der Waals surface area (Å²) in [6.45, 7) is 7.45. The summed E-state index contributed by atoms with van der Waals surface area (Å²) in [5.74, 6) is -0.0775. The summed E-state index contributed by atoms with van der Waals surface area (Å²) in [6.07, 6.45) is 2.35. The van der Waals surface area contributed by atoms with Crippen molar-refractivity contribution in [2.75, 3.05) is 25.0 Å². The quantitative estimate of drug-likeness (QED) is 0.794. The Morgan fingerprint density at radius 2 is 1.77 bits per heavy atom.